The Morgan fingerprint density at radius 1 is 1.14 bits per heavy atom. The van der Waals surface area contributed by atoms with E-state index in [1.54, 1.807) is 11.7 Å². The van der Waals surface area contributed by atoms with Crippen LogP contribution in [0.4, 0.5) is 0 Å². The lowest BCUT2D eigenvalue weighted by Crippen LogP contribution is -2.31. The standard InChI is InChI=1S/C26H37N5O4/c1-6-8-14-30-21(28-24-23(30)25(33)29-26(34)31(24)15-9-7-2)12-13-22(32)27-18(4)19-16-17(3)10-11-20(19)35-5/h10-11,16,18H,6-9,12-15H2,1-5H3,(H,27,32)(H,29,33,34)/t18-/m0/s1. The van der Waals surface area contributed by atoms with Gasteiger partial charge in [-0.25, -0.2) is 9.78 Å². The molecule has 3 rings (SSSR count). The fourth-order valence-electron chi connectivity index (χ4n) is 4.30. The van der Waals surface area contributed by atoms with Gasteiger partial charge in [-0.2, -0.15) is 0 Å². The van der Waals surface area contributed by atoms with Crippen LogP contribution in [-0.4, -0.2) is 32.1 Å². The molecule has 35 heavy (non-hydrogen) atoms. The van der Waals surface area contributed by atoms with Gasteiger partial charge in [-0.15, -0.1) is 0 Å². The minimum absolute atomic E-state index is 0.118. The number of hydrogen-bond acceptors (Lipinski definition) is 5. The van der Waals surface area contributed by atoms with Gasteiger partial charge in [-0.3, -0.25) is 19.1 Å². The summed E-state index contributed by atoms with van der Waals surface area (Å²) in [6.45, 7) is 9.15. The van der Waals surface area contributed by atoms with Crippen molar-refractivity contribution in [2.24, 2.45) is 0 Å². The first kappa shape index (κ1) is 26.2. The number of aromatic nitrogens is 4. The minimum Gasteiger partial charge on any atom is -0.496 e. The number of nitrogens with one attached hydrogen (secondary N) is 2. The lowest BCUT2D eigenvalue weighted by Gasteiger charge is -2.18. The van der Waals surface area contributed by atoms with Crippen molar-refractivity contribution < 1.29 is 9.53 Å². The highest BCUT2D eigenvalue weighted by atomic mass is 16.5. The number of H-pyrrole nitrogens is 1. The first-order valence-electron chi connectivity index (χ1n) is 12.5. The number of imidazole rings is 1. The Bertz CT molecular complexity index is 1290. The van der Waals surface area contributed by atoms with Crippen LogP contribution in [0.2, 0.25) is 0 Å². The van der Waals surface area contributed by atoms with E-state index >= 15 is 0 Å². The zero-order valence-corrected chi connectivity index (χ0v) is 21.4. The second-order valence-electron chi connectivity index (χ2n) is 9.00. The molecule has 9 nitrogen and oxygen atoms in total. The topological polar surface area (TPSA) is 111 Å². The monoisotopic (exact) mass is 483 g/mol. The minimum atomic E-state index is -0.443. The Kier molecular flexibility index (Phi) is 8.89. The molecule has 2 N–H and O–H groups in total. The Morgan fingerprint density at radius 2 is 1.83 bits per heavy atom. The van der Waals surface area contributed by atoms with Crippen LogP contribution >= 0.6 is 0 Å². The van der Waals surface area contributed by atoms with E-state index < -0.39 is 11.2 Å². The summed E-state index contributed by atoms with van der Waals surface area (Å²) in [5.74, 6) is 1.26. The summed E-state index contributed by atoms with van der Waals surface area (Å²) in [6, 6.07) is 5.66. The van der Waals surface area contributed by atoms with E-state index in [0.717, 1.165) is 42.6 Å². The van der Waals surface area contributed by atoms with Gasteiger partial charge in [0.25, 0.3) is 5.56 Å². The van der Waals surface area contributed by atoms with Crippen molar-refractivity contribution in [2.75, 3.05) is 7.11 Å². The molecule has 1 amide bonds. The summed E-state index contributed by atoms with van der Waals surface area (Å²) >= 11 is 0. The average Bonchev–Trinajstić information content (AvgIpc) is 3.19. The van der Waals surface area contributed by atoms with Crippen LogP contribution in [0.3, 0.4) is 0 Å². The van der Waals surface area contributed by atoms with Crippen LogP contribution in [0, 0.1) is 6.92 Å². The van der Waals surface area contributed by atoms with Gasteiger partial charge in [0.1, 0.15) is 11.6 Å². The first-order valence-corrected chi connectivity index (χ1v) is 12.5. The first-order chi connectivity index (χ1) is 16.8. The maximum Gasteiger partial charge on any atom is 0.330 e. The van der Waals surface area contributed by atoms with Crippen LogP contribution in [0.15, 0.2) is 27.8 Å². The molecule has 0 saturated heterocycles. The van der Waals surface area contributed by atoms with Crippen molar-refractivity contribution in [1.29, 1.82) is 0 Å². The third-order valence-corrected chi connectivity index (χ3v) is 6.24. The van der Waals surface area contributed by atoms with Crippen molar-refractivity contribution in [1.82, 2.24) is 24.4 Å². The quantitative estimate of drug-likeness (QED) is 0.409. The van der Waals surface area contributed by atoms with Crippen molar-refractivity contribution in [3.05, 3.63) is 56.0 Å². The van der Waals surface area contributed by atoms with Crippen molar-refractivity contribution in [3.63, 3.8) is 0 Å². The van der Waals surface area contributed by atoms with Crippen molar-refractivity contribution in [3.8, 4) is 5.75 Å². The largest absolute Gasteiger partial charge is 0.496 e. The molecular weight excluding hydrogens is 446 g/mol. The molecule has 1 atom stereocenters. The zero-order valence-electron chi connectivity index (χ0n) is 21.4. The van der Waals surface area contributed by atoms with Gasteiger partial charge in [0.2, 0.25) is 5.91 Å². The van der Waals surface area contributed by atoms with Crippen molar-refractivity contribution >= 4 is 17.1 Å². The zero-order chi connectivity index (χ0) is 25.5. The number of hydrogen-bond donors (Lipinski definition) is 2. The third-order valence-electron chi connectivity index (χ3n) is 6.24. The normalized spacial score (nSPS) is 12.1. The van der Waals surface area contributed by atoms with Gasteiger partial charge in [0.15, 0.2) is 11.2 Å². The Balaban J connectivity index is 1.85. The number of unbranched alkanes of at least 4 members (excludes halogenated alkanes) is 2. The molecule has 0 saturated carbocycles. The molecule has 0 aliphatic carbocycles. The summed E-state index contributed by atoms with van der Waals surface area (Å²) in [5, 5.41) is 3.05. The van der Waals surface area contributed by atoms with Crippen LogP contribution < -0.4 is 21.3 Å². The number of nitrogens with zero attached hydrogens (tertiary/aromatic N) is 3. The summed E-state index contributed by atoms with van der Waals surface area (Å²) in [4.78, 5) is 45.2. The molecule has 0 bridgehead atoms. The predicted molar refractivity (Wildman–Crippen MR) is 137 cm³/mol. The van der Waals surface area contributed by atoms with E-state index in [9.17, 15) is 14.4 Å². The number of fused-ring (bicyclic) bond motifs is 1. The number of methoxy groups -OCH3 is 1. The number of aromatic amines is 1. The molecule has 0 fully saturated rings. The van der Waals surface area contributed by atoms with E-state index in [2.05, 4.69) is 17.2 Å². The smallest absolute Gasteiger partial charge is 0.330 e. The van der Waals surface area contributed by atoms with Crippen LogP contribution in [0.25, 0.3) is 11.2 Å². The van der Waals surface area contributed by atoms with E-state index in [1.807, 2.05) is 43.5 Å². The summed E-state index contributed by atoms with van der Waals surface area (Å²) in [5.41, 5.74) is 1.94. The lowest BCUT2D eigenvalue weighted by atomic mass is 10.0. The fraction of sp³-hybridized carbons (Fsp3) is 0.538. The maximum atomic E-state index is 12.8. The van der Waals surface area contributed by atoms with Gasteiger partial charge in [-0.1, -0.05) is 44.4 Å². The summed E-state index contributed by atoms with van der Waals surface area (Å²) in [6.07, 6.45) is 4.11. The van der Waals surface area contributed by atoms with Crippen LogP contribution in [-0.2, 0) is 24.3 Å². The highest BCUT2D eigenvalue weighted by Gasteiger charge is 2.20. The van der Waals surface area contributed by atoms with Gasteiger partial charge in [0, 0.05) is 31.5 Å². The number of benzene rings is 1. The second kappa shape index (κ2) is 11.9. The Morgan fingerprint density at radius 3 is 2.49 bits per heavy atom. The molecule has 1 aromatic carbocycles. The third kappa shape index (κ3) is 6.01. The molecule has 3 aromatic rings. The molecule has 0 aliphatic heterocycles. The molecule has 190 valence electrons. The number of amides is 1. The number of rotatable bonds is 12. The molecule has 0 spiro atoms. The van der Waals surface area contributed by atoms with E-state index in [1.165, 1.54) is 0 Å². The maximum absolute atomic E-state index is 12.8. The molecular formula is C26H37N5O4. The van der Waals surface area contributed by atoms with Crippen molar-refractivity contribution in [2.45, 2.75) is 85.4 Å². The molecule has 0 radical (unpaired) electrons. The predicted octanol–water partition coefficient (Wildman–Crippen LogP) is 3.61. The van der Waals surface area contributed by atoms with Gasteiger partial charge >= 0.3 is 5.69 Å². The van der Waals surface area contributed by atoms with Crippen LogP contribution in [0.5, 0.6) is 5.75 Å². The number of carbonyl (C=O) groups is 1. The lowest BCUT2D eigenvalue weighted by molar-refractivity contribution is -0.121. The SMILES string of the molecule is CCCCn1c(CCC(=O)N[C@@H](C)c2cc(C)ccc2OC)nc2c1c(=O)[nH]c(=O)n2CCCC. The molecule has 0 aliphatic rings. The number of aryl methyl sites for hydroxylation is 4. The van der Waals surface area contributed by atoms with E-state index in [-0.39, 0.29) is 18.4 Å². The molecule has 2 aromatic heterocycles. The Hall–Kier alpha value is -3.36. The highest BCUT2D eigenvalue weighted by molar-refractivity contribution is 5.77. The summed E-state index contributed by atoms with van der Waals surface area (Å²) in [7, 11) is 1.62. The second-order valence-corrected chi connectivity index (χ2v) is 9.00. The number of carbonyl (C=O) groups excluding carboxylic acids is 1. The molecule has 0 unspecified atom stereocenters. The highest BCUT2D eigenvalue weighted by Crippen LogP contribution is 2.26. The van der Waals surface area contributed by atoms with E-state index in [0.29, 0.717) is 36.5 Å². The van der Waals surface area contributed by atoms with E-state index in [4.69, 9.17) is 9.72 Å². The summed E-state index contributed by atoms with van der Waals surface area (Å²) < 4.78 is 8.87. The number of ether oxygens (including phenoxy) is 1. The molecule has 2 heterocycles. The van der Waals surface area contributed by atoms with Crippen LogP contribution in [0.1, 0.15) is 75.9 Å². The van der Waals surface area contributed by atoms with Gasteiger partial charge in [-0.05, 0) is 32.8 Å². The fourth-order valence-corrected chi connectivity index (χ4v) is 4.30. The van der Waals surface area contributed by atoms with Gasteiger partial charge in [0.05, 0.1) is 13.2 Å². The molecule has 9 heteroatoms. The Labute approximate surface area is 205 Å². The average molecular weight is 484 g/mol. The van der Waals surface area contributed by atoms with Gasteiger partial charge < -0.3 is 14.6 Å².